The highest BCUT2D eigenvalue weighted by Crippen LogP contribution is 2.78. The Balaban J connectivity index is 2.37. The van der Waals surface area contributed by atoms with E-state index in [9.17, 15) is 33.3 Å². The number of benzene rings is 1. The van der Waals surface area contributed by atoms with Crippen molar-refractivity contribution in [2.45, 2.75) is 17.9 Å². The molecule has 0 saturated carbocycles. The third-order valence-electron chi connectivity index (χ3n) is 5.08. The molecule has 214 valence electrons. The Morgan fingerprint density at radius 1 is 1.03 bits per heavy atom. The van der Waals surface area contributed by atoms with E-state index in [1.54, 1.807) is 0 Å². The highest BCUT2D eigenvalue weighted by molar-refractivity contribution is 7.73. The van der Waals surface area contributed by atoms with Gasteiger partial charge in [0.05, 0.1) is 39.6 Å². The summed E-state index contributed by atoms with van der Waals surface area (Å²) in [6.45, 7) is -0.161. The fraction of sp³-hybridized carbons (Fsp3) is 0.474. The summed E-state index contributed by atoms with van der Waals surface area (Å²) in [4.78, 5) is 41.1. The largest absolute Gasteiger partial charge is 0.477 e. The van der Waals surface area contributed by atoms with Crippen LogP contribution < -0.4 is 10.7 Å². The lowest BCUT2D eigenvalue weighted by atomic mass is 10.1. The molecule has 0 saturated heterocycles. The van der Waals surface area contributed by atoms with Crippen LogP contribution in [0.5, 0.6) is 0 Å². The number of anilines is 1. The number of aryl methyl sites for hydroxylation is 1. The normalized spacial score (nSPS) is 12.7. The number of hydrogen-bond donors (Lipinski definition) is 3. The molecule has 0 aliphatic heterocycles. The number of hydrogen-bond acceptors (Lipinski definition) is 14. The lowest BCUT2D eigenvalue weighted by Gasteiger charge is -2.34. The number of nitrogens with zero attached hydrogens (tertiary/aromatic N) is 1. The van der Waals surface area contributed by atoms with E-state index in [2.05, 4.69) is 43.6 Å². The van der Waals surface area contributed by atoms with Crippen molar-refractivity contribution in [1.82, 2.24) is 4.57 Å². The molecule has 0 aliphatic carbocycles. The number of halogens is 1. The monoisotopic (exact) mass is 588 g/mol. The van der Waals surface area contributed by atoms with E-state index in [0.29, 0.717) is 0 Å². The third-order valence-corrected chi connectivity index (χ3v) is 10.1. The molecular formula is C19H27FN2O14P2. The molecular weight excluding hydrogens is 561 g/mol. The number of carbonyl (C=O) groups is 1. The Labute approximate surface area is 214 Å². The summed E-state index contributed by atoms with van der Waals surface area (Å²) in [5.41, 5.74) is -1.27. The van der Waals surface area contributed by atoms with E-state index in [1.807, 2.05) is 0 Å². The van der Waals surface area contributed by atoms with Gasteiger partial charge in [-0.05, 0) is 18.6 Å². The van der Waals surface area contributed by atoms with Gasteiger partial charge in [-0.15, -0.1) is 18.7 Å². The summed E-state index contributed by atoms with van der Waals surface area (Å²) in [6, 6.07) is 2.15. The first-order chi connectivity index (χ1) is 17.8. The topological polar surface area (TPSA) is 200 Å². The van der Waals surface area contributed by atoms with Crippen LogP contribution in [0.4, 0.5) is 10.1 Å². The predicted octanol–water partition coefficient (Wildman–Crippen LogP) is 2.91. The Kier molecular flexibility index (Phi) is 11.1. The molecule has 2 aromatic rings. The number of nitrogens with one attached hydrogen (secondary N) is 1. The summed E-state index contributed by atoms with van der Waals surface area (Å²) in [5, 5.41) is 19.9. The molecule has 0 atom stereocenters. The molecule has 0 bridgehead atoms. The molecule has 3 N–H and O–H groups in total. The van der Waals surface area contributed by atoms with E-state index in [1.165, 1.54) is 17.7 Å². The number of carboxylic acids is 1. The Hall–Kier alpha value is -2.27. The van der Waals surface area contributed by atoms with Crippen LogP contribution >= 0.6 is 15.2 Å². The molecule has 2 rings (SSSR count). The number of pyridine rings is 1. The number of aliphatic hydroxyl groups is 1. The van der Waals surface area contributed by atoms with Crippen LogP contribution in [-0.2, 0) is 54.4 Å². The van der Waals surface area contributed by atoms with Crippen LogP contribution in [-0.4, -0.2) is 60.8 Å². The average Bonchev–Trinajstić information content (AvgIpc) is 2.84. The molecule has 0 amide bonds. The van der Waals surface area contributed by atoms with Gasteiger partial charge in [0.1, 0.15) is 11.4 Å². The summed E-state index contributed by atoms with van der Waals surface area (Å²) >= 11 is 0. The number of fused-ring (bicyclic) bond motifs is 1. The zero-order valence-corrected chi connectivity index (χ0v) is 22.7. The zero-order chi connectivity index (χ0) is 28.7. The fourth-order valence-corrected chi connectivity index (χ4v) is 7.19. The molecule has 16 nitrogen and oxygen atoms in total. The van der Waals surface area contributed by atoms with Gasteiger partial charge in [0, 0.05) is 31.6 Å². The maximum atomic E-state index is 14.8. The standard InChI is InChI=1S/C19H27FN2O14P2/c1-22-11-13(18(24)25)17(23)12-9-14(20)15(10-16(12)22)21-8-6-7-19(26,37(27,33-29-2)34-30-3)38(28,35-31-4)36-32-5/h9-11,21,26H,6-8H2,1-5H3,(H,24,25). The second kappa shape index (κ2) is 13.2. The molecule has 0 spiro atoms. The van der Waals surface area contributed by atoms with Crippen LogP contribution in [0.3, 0.4) is 0 Å². The van der Waals surface area contributed by atoms with Gasteiger partial charge >= 0.3 is 21.2 Å². The molecule has 38 heavy (non-hydrogen) atoms. The van der Waals surface area contributed by atoms with Gasteiger partial charge in [-0.25, -0.2) is 28.7 Å². The minimum atomic E-state index is -5.05. The molecule has 0 radical (unpaired) electrons. The average molecular weight is 588 g/mol. The van der Waals surface area contributed by atoms with E-state index in [-0.39, 0.29) is 29.6 Å². The highest BCUT2D eigenvalue weighted by Gasteiger charge is 2.68. The SMILES string of the molecule is COOP(=O)(OOC)C(O)(CCCNc1cc2c(cc1F)c(=O)c(C(=O)O)cn2C)P(=O)(OOC)OOC. The van der Waals surface area contributed by atoms with Gasteiger partial charge in [0.25, 0.3) is 5.08 Å². The van der Waals surface area contributed by atoms with E-state index >= 15 is 0 Å². The third kappa shape index (κ3) is 6.30. The fourth-order valence-electron chi connectivity index (χ4n) is 3.42. The van der Waals surface area contributed by atoms with Crippen LogP contribution in [0.1, 0.15) is 23.2 Å². The van der Waals surface area contributed by atoms with Gasteiger partial charge < -0.3 is 20.1 Å². The van der Waals surface area contributed by atoms with Crippen molar-refractivity contribution < 1.29 is 66.8 Å². The Morgan fingerprint density at radius 2 is 1.53 bits per heavy atom. The first-order valence-corrected chi connectivity index (χ1v) is 13.6. The molecule has 1 heterocycles. The van der Waals surface area contributed by atoms with E-state index in [0.717, 1.165) is 40.7 Å². The van der Waals surface area contributed by atoms with Crippen molar-refractivity contribution in [3.05, 3.63) is 39.9 Å². The number of aromatic nitrogens is 1. The van der Waals surface area contributed by atoms with Crippen molar-refractivity contribution in [2.24, 2.45) is 7.05 Å². The van der Waals surface area contributed by atoms with Crippen LogP contribution in [0, 0.1) is 5.82 Å². The van der Waals surface area contributed by atoms with Gasteiger partial charge in [0.2, 0.25) is 5.43 Å². The summed E-state index contributed by atoms with van der Waals surface area (Å²) in [6.07, 6.45) is 0.143. The summed E-state index contributed by atoms with van der Waals surface area (Å²) in [5.74, 6) is -2.35. The smallest absolute Gasteiger partial charge is 0.428 e. The van der Waals surface area contributed by atoms with Crippen molar-refractivity contribution in [1.29, 1.82) is 0 Å². The van der Waals surface area contributed by atoms with Crippen LogP contribution in [0.15, 0.2) is 23.1 Å². The first kappa shape index (κ1) is 31.9. The summed E-state index contributed by atoms with van der Waals surface area (Å²) < 4.78 is 61.0. The number of rotatable bonds is 16. The number of aromatic carboxylic acids is 1. The molecule has 1 aromatic heterocycles. The van der Waals surface area contributed by atoms with Crippen molar-refractivity contribution in [3.8, 4) is 0 Å². The molecule has 0 aliphatic rings. The van der Waals surface area contributed by atoms with Gasteiger partial charge in [-0.3, -0.25) is 13.9 Å². The van der Waals surface area contributed by atoms with E-state index < -0.39 is 49.5 Å². The number of carboxylic acid groups (broad SMARTS) is 1. The van der Waals surface area contributed by atoms with Gasteiger partial charge in [-0.2, -0.15) is 0 Å². The molecule has 0 fully saturated rings. The summed E-state index contributed by atoms with van der Waals surface area (Å²) in [7, 11) is -4.95. The molecule has 1 aromatic carbocycles. The minimum Gasteiger partial charge on any atom is -0.477 e. The predicted molar refractivity (Wildman–Crippen MR) is 126 cm³/mol. The van der Waals surface area contributed by atoms with Gasteiger partial charge in [0.15, 0.2) is 0 Å². The maximum Gasteiger partial charge on any atom is 0.428 e. The second-order valence-corrected chi connectivity index (χ2v) is 11.8. The van der Waals surface area contributed by atoms with E-state index in [4.69, 9.17) is 0 Å². The van der Waals surface area contributed by atoms with Gasteiger partial charge in [-0.1, -0.05) is 0 Å². The zero-order valence-electron chi connectivity index (χ0n) is 20.9. The Bertz CT molecular complexity index is 1250. The Morgan fingerprint density at radius 3 is 1.97 bits per heavy atom. The molecule has 0 unspecified atom stereocenters. The van der Waals surface area contributed by atoms with Crippen molar-refractivity contribution >= 4 is 37.8 Å². The minimum absolute atomic E-state index is 0.104. The molecule has 19 heteroatoms. The van der Waals surface area contributed by atoms with Crippen LogP contribution in [0.2, 0.25) is 0 Å². The highest BCUT2D eigenvalue weighted by atomic mass is 31.2. The maximum absolute atomic E-state index is 14.8. The lowest BCUT2D eigenvalue weighted by Crippen LogP contribution is -2.33. The van der Waals surface area contributed by atoms with Crippen LogP contribution in [0.25, 0.3) is 10.9 Å². The quantitative estimate of drug-likeness (QED) is 0.112. The van der Waals surface area contributed by atoms with Crippen molar-refractivity contribution in [2.75, 3.05) is 40.3 Å². The first-order valence-electron chi connectivity index (χ1n) is 10.5. The lowest BCUT2D eigenvalue weighted by molar-refractivity contribution is -0.264. The second-order valence-electron chi connectivity index (χ2n) is 7.40. The van der Waals surface area contributed by atoms with Crippen molar-refractivity contribution in [3.63, 3.8) is 0 Å².